The average Bonchev–Trinajstić information content (AvgIpc) is 2.29. The van der Waals surface area contributed by atoms with Gasteiger partial charge < -0.3 is 10.6 Å². The molecule has 1 aliphatic heterocycles. The summed E-state index contributed by atoms with van der Waals surface area (Å²) in [6, 6.07) is 0. The van der Waals surface area contributed by atoms with Gasteiger partial charge in [0, 0.05) is 12.4 Å². The Morgan fingerprint density at radius 2 is 0.850 bits per heavy atom. The fraction of sp³-hybridized carbons (Fsp3) is 0.667. The van der Waals surface area contributed by atoms with Gasteiger partial charge in [0.2, 0.25) is 0 Å². The summed E-state index contributed by atoms with van der Waals surface area (Å²) < 4.78 is 0. The Balaban J connectivity index is 3.53. The van der Waals surface area contributed by atoms with Crippen molar-refractivity contribution in [3.05, 3.63) is 34.9 Å². The number of rotatable bonds is 4. The highest BCUT2D eigenvalue weighted by Gasteiger charge is 2.23. The van der Waals surface area contributed by atoms with E-state index in [1.807, 2.05) is 12.4 Å². The van der Waals surface area contributed by atoms with Crippen LogP contribution in [-0.4, -0.2) is 0 Å². The molecular formula is C18H32N2. The Bertz CT molecular complexity index is 361. The fourth-order valence-corrected chi connectivity index (χ4v) is 3.34. The first-order chi connectivity index (χ1) is 9.27. The summed E-state index contributed by atoms with van der Waals surface area (Å²) in [6.45, 7) is 18.3. The molecule has 20 heavy (non-hydrogen) atoms. The van der Waals surface area contributed by atoms with Crippen LogP contribution in [-0.2, 0) is 0 Å². The van der Waals surface area contributed by atoms with Crippen LogP contribution in [0.4, 0.5) is 0 Å². The van der Waals surface area contributed by atoms with Gasteiger partial charge in [-0.05, 0) is 34.8 Å². The van der Waals surface area contributed by atoms with E-state index < -0.39 is 0 Å². The molecule has 1 aliphatic rings. The maximum absolute atomic E-state index is 3.50. The molecule has 0 aliphatic carbocycles. The first-order valence-corrected chi connectivity index (χ1v) is 7.93. The van der Waals surface area contributed by atoms with Crippen LogP contribution in [0.25, 0.3) is 0 Å². The molecule has 0 amide bonds. The molecule has 0 bridgehead atoms. The zero-order chi connectivity index (χ0) is 15.4. The molecule has 2 heteroatoms. The van der Waals surface area contributed by atoms with Crippen LogP contribution < -0.4 is 10.6 Å². The van der Waals surface area contributed by atoms with Crippen LogP contribution in [0.1, 0.15) is 55.4 Å². The molecule has 0 aromatic rings. The lowest BCUT2D eigenvalue weighted by Gasteiger charge is -2.30. The van der Waals surface area contributed by atoms with Crippen molar-refractivity contribution in [2.45, 2.75) is 55.4 Å². The number of hydrogen-bond donors (Lipinski definition) is 2. The molecule has 0 aromatic heterocycles. The monoisotopic (exact) mass is 276 g/mol. The van der Waals surface area contributed by atoms with Crippen LogP contribution in [0.2, 0.25) is 0 Å². The maximum Gasteiger partial charge on any atom is 0.0616 e. The third kappa shape index (κ3) is 3.68. The summed E-state index contributed by atoms with van der Waals surface area (Å²) in [4.78, 5) is 0. The normalized spacial score (nSPS) is 15.2. The minimum atomic E-state index is 0.543. The van der Waals surface area contributed by atoms with Gasteiger partial charge in [0.25, 0.3) is 0 Å². The predicted octanol–water partition coefficient (Wildman–Crippen LogP) is 4.78. The van der Waals surface area contributed by atoms with Crippen molar-refractivity contribution in [1.29, 1.82) is 0 Å². The van der Waals surface area contributed by atoms with E-state index in [-0.39, 0.29) is 0 Å². The Morgan fingerprint density at radius 1 is 0.600 bits per heavy atom. The smallest absolute Gasteiger partial charge is 0.0616 e. The molecule has 0 unspecified atom stereocenters. The Morgan fingerprint density at radius 3 is 1.05 bits per heavy atom. The van der Waals surface area contributed by atoms with E-state index in [1.54, 1.807) is 0 Å². The largest absolute Gasteiger partial charge is 0.359 e. The zero-order valence-electron chi connectivity index (χ0n) is 14.5. The predicted molar refractivity (Wildman–Crippen MR) is 88.8 cm³/mol. The van der Waals surface area contributed by atoms with Gasteiger partial charge in [0.15, 0.2) is 0 Å². The van der Waals surface area contributed by atoms with E-state index in [0.717, 1.165) is 0 Å². The van der Waals surface area contributed by atoms with Crippen LogP contribution in [0.3, 0.4) is 0 Å². The van der Waals surface area contributed by atoms with Gasteiger partial charge in [-0.2, -0.15) is 0 Å². The van der Waals surface area contributed by atoms with Gasteiger partial charge in [-0.15, -0.1) is 0 Å². The summed E-state index contributed by atoms with van der Waals surface area (Å²) in [5.74, 6) is 2.17. The van der Waals surface area contributed by atoms with Crippen molar-refractivity contribution in [2.24, 2.45) is 23.7 Å². The van der Waals surface area contributed by atoms with Crippen molar-refractivity contribution < 1.29 is 0 Å². The van der Waals surface area contributed by atoms with Crippen molar-refractivity contribution in [2.75, 3.05) is 0 Å². The highest BCUT2D eigenvalue weighted by atomic mass is 15.0. The standard InChI is InChI=1S/C18H32N2/c1-11(2)15(12(3)4)17-18(20-10-9-19-17)16(13(5)6)14(7)8/h9-14,19-20H,1-8H3. The lowest BCUT2D eigenvalue weighted by atomic mass is 9.84. The van der Waals surface area contributed by atoms with Crippen molar-refractivity contribution in [1.82, 2.24) is 10.6 Å². The molecule has 0 saturated carbocycles. The first-order valence-electron chi connectivity index (χ1n) is 7.93. The third-order valence-electron chi connectivity index (χ3n) is 3.85. The lowest BCUT2D eigenvalue weighted by Crippen LogP contribution is -2.29. The Labute approximate surface area is 125 Å². The summed E-state index contributed by atoms with van der Waals surface area (Å²) in [7, 11) is 0. The molecule has 0 fully saturated rings. The summed E-state index contributed by atoms with van der Waals surface area (Å²) >= 11 is 0. The van der Waals surface area contributed by atoms with E-state index >= 15 is 0 Å². The summed E-state index contributed by atoms with van der Waals surface area (Å²) in [5, 5.41) is 7.00. The van der Waals surface area contributed by atoms with E-state index in [9.17, 15) is 0 Å². The minimum absolute atomic E-state index is 0.543. The molecule has 2 N–H and O–H groups in total. The average molecular weight is 276 g/mol. The molecule has 0 saturated heterocycles. The van der Waals surface area contributed by atoms with Crippen LogP contribution in [0, 0.1) is 23.7 Å². The van der Waals surface area contributed by atoms with Gasteiger partial charge in [0.05, 0.1) is 11.4 Å². The molecule has 0 spiro atoms. The van der Waals surface area contributed by atoms with Crippen molar-refractivity contribution in [3.8, 4) is 0 Å². The van der Waals surface area contributed by atoms with Gasteiger partial charge >= 0.3 is 0 Å². The second-order valence-electron chi connectivity index (χ2n) is 6.90. The number of nitrogens with one attached hydrogen (secondary N) is 2. The second kappa shape index (κ2) is 7.01. The maximum atomic E-state index is 3.50. The number of allylic oxidation sites excluding steroid dienone is 2. The van der Waals surface area contributed by atoms with Gasteiger partial charge in [0.1, 0.15) is 0 Å². The SMILES string of the molecule is CC(C)C(=C1NC=CNC1=C(C(C)C)C(C)C)C(C)C. The Kier molecular flexibility index (Phi) is 5.91. The van der Waals surface area contributed by atoms with Gasteiger partial charge in [-0.1, -0.05) is 55.4 Å². The summed E-state index contributed by atoms with van der Waals surface area (Å²) in [6.07, 6.45) is 4.00. The van der Waals surface area contributed by atoms with Gasteiger partial charge in [-0.3, -0.25) is 0 Å². The minimum Gasteiger partial charge on any atom is -0.359 e. The third-order valence-corrected chi connectivity index (χ3v) is 3.85. The molecule has 0 aromatic carbocycles. The fourth-order valence-electron chi connectivity index (χ4n) is 3.34. The Hall–Kier alpha value is -1.18. The molecule has 0 radical (unpaired) electrons. The highest BCUT2D eigenvalue weighted by Crippen LogP contribution is 2.32. The lowest BCUT2D eigenvalue weighted by molar-refractivity contribution is 0.581. The van der Waals surface area contributed by atoms with E-state index in [2.05, 4.69) is 66.0 Å². The van der Waals surface area contributed by atoms with Gasteiger partial charge in [-0.25, -0.2) is 0 Å². The van der Waals surface area contributed by atoms with Crippen LogP contribution in [0.5, 0.6) is 0 Å². The highest BCUT2D eigenvalue weighted by molar-refractivity contribution is 5.42. The first kappa shape index (κ1) is 16.9. The van der Waals surface area contributed by atoms with Crippen LogP contribution >= 0.6 is 0 Å². The van der Waals surface area contributed by atoms with E-state index in [0.29, 0.717) is 23.7 Å². The molecule has 1 heterocycles. The number of hydrogen-bond acceptors (Lipinski definition) is 2. The van der Waals surface area contributed by atoms with E-state index in [4.69, 9.17) is 0 Å². The molecular weight excluding hydrogens is 244 g/mol. The van der Waals surface area contributed by atoms with Crippen molar-refractivity contribution >= 4 is 0 Å². The quantitative estimate of drug-likeness (QED) is 0.772. The second-order valence-corrected chi connectivity index (χ2v) is 6.90. The molecule has 1 rings (SSSR count). The zero-order valence-corrected chi connectivity index (χ0v) is 14.5. The molecule has 2 nitrogen and oxygen atoms in total. The van der Waals surface area contributed by atoms with E-state index in [1.165, 1.54) is 22.5 Å². The molecule has 114 valence electrons. The van der Waals surface area contributed by atoms with Crippen LogP contribution in [0.15, 0.2) is 34.9 Å². The molecule has 0 atom stereocenters. The van der Waals surface area contributed by atoms with Crippen molar-refractivity contribution in [3.63, 3.8) is 0 Å². The topological polar surface area (TPSA) is 24.1 Å². The summed E-state index contributed by atoms with van der Waals surface area (Å²) in [5.41, 5.74) is 5.57.